The average Bonchev–Trinajstić information content (AvgIpc) is 2.68. The molecule has 1 N–H and O–H groups in total. The molecule has 1 aliphatic rings. The highest BCUT2D eigenvalue weighted by Crippen LogP contribution is 2.30. The van der Waals surface area contributed by atoms with Crippen molar-refractivity contribution < 1.29 is 18.0 Å². The van der Waals surface area contributed by atoms with Gasteiger partial charge in [0.05, 0.1) is 12.1 Å². The number of amides is 1. The van der Waals surface area contributed by atoms with E-state index in [2.05, 4.69) is 36.2 Å². The van der Waals surface area contributed by atoms with Crippen molar-refractivity contribution >= 4 is 17.3 Å². The highest BCUT2D eigenvalue weighted by atomic mass is 19.4. The van der Waals surface area contributed by atoms with E-state index in [1.807, 2.05) is 6.07 Å². The van der Waals surface area contributed by atoms with Crippen molar-refractivity contribution in [2.45, 2.75) is 20.0 Å². The topological polar surface area (TPSA) is 35.6 Å². The molecule has 2 aromatic rings. The third kappa shape index (κ3) is 4.58. The van der Waals surface area contributed by atoms with Crippen molar-refractivity contribution in [3.05, 3.63) is 59.2 Å². The van der Waals surface area contributed by atoms with Crippen LogP contribution in [0.3, 0.4) is 0 Å². The van der Waals surface area contributed by atoms with Crippen LogP contribution < -0.4 is 10.2 Å². The maximum atomic E-state index is 12.8. The van der Waals surface area contributed by atoms with Crippen LogP contribution in [0, 0.1) is 13.8 Å². The lowest BCUT2D eigenvalue weighted by molar-refractivity contribution is -0.137. The summed E-state index contributed by atoms with van der Waals surface area (Å²) in [6, 6.07) is 11.1. The van der Waals surface area contributed by atoms with Crippen LogP contribution in [0.25, 0.3) is 0 Å². The average molecular weight is 391 g/mol. The summed E-state index contributed by atoms with van der Waals surface area (Å²) < 4.78 is 38.3. The Kier molecular flexibility index (Phi) is 5.82. The monoisotopic (exact) mass is 391 g/mol. The lowest BCUT2D eigenvalue weighted by Crippen LogP contribution is -2.50. The van der Waals surface area contributed by atoms with Gasteiger partial charge in [-0.2, -0.15) is 13.2 Å². The van der Waals surface area contributed by atoms with E-state index < -0.39 is 11.7 Å². The van der Waals surface area contributed by atoms with Gasteiger partial charge in [-0.05, 0) is 49.2 Å². The number of piperazine rings is 1. The maximum absolute atomic E-state index is 12.8. The van der Waals surface area contributed by atoms with Crippen LogP contribution in [0.4, 0.5) is 24.5 Å². The normalized spacial score (nSPS) is 14.9. The van der Waals surface area contributed by atoms with Crippen molar-refractivity contribution in [3.63, 3.8) is 0 Å². The molecule has 0 unspecified atom stereocenters. The van der Waals surface area contributed by atoms with Crippen LogP contribution in [0.15, 0.2) is 42.5 Å². The molecule has 28 heavy (non-hydrogen) atoms. The van der Waals surface area contributed by atoms with Gasteiger partial charge < -0.3 is 15.1 Å². The molecule has 1 heterocycles. The zero-order valence-electron chi connectivity index (χ0n) is 16.0. The summed E-state index contributed by atoms with van der Waals surface area (Å²) in [5.41, 5.74) is 3.23. The number of hydrogen-bond acceptors (Lipinski definition) is 3. The summed E-state index contributed by atoms with van der Waals surface area (Å²) in [6.45, 7) is 6.82. The zero-order chi connectivity index (χ0) is 20.3. The van der Waals surface area contributed by atoms with Crippen LogP contribution >= 0.6 is 0 Å². The van der Waals surface area contributed by atoms with E-state index in [0.29, 0.717) is 13.1 Å². The smallest absolute Gasteiger partial charge is 0.376 e. The molecule has 1 fully saturated rings. The third-order valence-electron chi connectivity index (χ3n) is 5.18. The molecule has 0 atom stereocenters. The molecule has 0 saturated carbocycles. The predicted octanol–water partition coefficient (Wildman–Crippen LogP) is 4.08. The van der Waals surface area contributed by atoms with Crippen molar-refractivity contribution in [3.8, 4) is 0 Å². The molecule has 0 aliphatic carbocycles. The number of anilines is 2. The van der Waals surface area contributed by atoms with E-state index in [1.54, 1.807) is 4.90 Å². The Morgan fingerprint density at radius 1 is 1.04 bits per heavy atom. The Morgan fingerprint density at radius 3 is 2.39 bits per heavy atom. The molecule has 1 amide bonds. The van der Waals surface area contributed by atoms with Crippen molar-refractivity contribution in [2.75, 3.05) is 42.9 Å². The lowest BCUT2D eigenvalue weighted by Gasteiger charge is -2.37. The van der Waals surface area contributed by atoms with Crippen molar-refractivity contribution in [1.82, 2.24) is 4.90 Å². The first-order valence-corrected chi connectivity index (χ1v) is 9.26. The molecule has 3 rings (SSSR count). The summed E-state index contributed by atoms with van der Waals surface area (Å²) >= 11 is 0. The van der Waals surface area contributed by atoms with Crippen molar-refractivity contribution in [2.24, 2.45) is 0 Å². The lowest BCUT2D eigenvalue weighted by atomic mass is 10.1. The summed E-state index contributed by atoms with van der Waals surface area (Å²) in [7, 11) is 0. The molecule has 1 aliphatic heterocycles. The van der Waals surface area contributed by atoms with Gasteiger partial charge in [-0.1, -0.05) is 18.2 Å². The Hall–Kier alpha value is -2.70. The van der Waals surface area contributed by atoms with Gasteiger partial charge in [0.25, 0.3) is 0 Å². The standard InChI is InChI=1S/C21H24F3N3O/c1-15-5-3-8-19(16(15)2)26-9-11-27(12-10-26)20(28)14-25-18-7-4-6-17(13-18)21(22,23)24/h3-8,13,25H,9-12,14H2,1-2H3. The number of hydrogen-bond donors (Lipinski definition) is 1. The second kappa shape index (κ2) is 8.12. The quantitative estimate of drug-likeness (QED) is 0.853. The van der Waals surface area contributed by atoms with Crippen LogP contribution in [0.1, 0.15) is 16.7 Å². The van der Waals surface area contributed by atoms with Crippen LogP contribution in [0.2, 0.25) is 0 Å². The van der Waals surface area contributed by atoms with Crippen LogP contribution in [-0.4, -0.2) is 43.5 Å². The second-order valence-corrected chi connectivity index (χ2v) is 7.02. The van der Waals surface area contributed by atoms with E-state index in [0.717, 1.165) is 25.2 Å². The van der Waals surface area contributed by atoms with Crippen molar-refractivity contribution in [1.29, 1.82) is 0 Å². The molecular formula is C21H24F3N3O. The number of benzene rings is 2. The zero-order valence-corrected chi connectivity index (χ0v) is 16.0. The molecule has 0 bridgehead atoms. The maximum Gasteiger partial charge on any atom is 0.416 e. The molecule has 0 radical (unpaired) electrons. The minimum atomic E-state index is -4.40. The van der Waals surface area contributed by atoms with Gasteiger partial charge in [0.1, 0.15) is 0 Å². The molecule has 2 aromatic carbocycles. The van der Waals surface area contributed by atoms with Gasteiger partial charge in [0.15, 0.2) is 0 Å². The van der Waals surface area contributed by atoms with E-state index in [9.17, 15) is 18.0 Å². The summed E-state index contributed by atoms with van der Waals surface area (Å²) in [5, 5.41) is 2.81. The first-order chi connectivity index (χ1) is 13.3. The first kappa shape index (κ1) is 20.0. The molecule has 4 nitrogen and oxygen atoms in total. The number of alkyl halides is 3. The highest BCUT2D eigenvalue weighted by molar-refractivity contribution is 5.81. The largest absolute Gasteiger partial charge is 0.416 e. The predicted molar refractivity (Wildman–Crippen MR) is 105 cm³/mol. The number of rotatable bonds is 4. The fraction of sp³-hybridized carbons (Fsp3) is 0.381. The highest BCUT2D eigenvalue weighted by Gasteiger charge is 2.30. The van der Waals surface area contributed by atoms with E-state index in [-0.39, 0.29) is 18.1 Å². The molecule has 0 aromatic heterocycles. The minimum absolute atomic E-state index is 0.0230. The Labute approximate surface area is 162 Å². The summed E-state index contributed by atoms with van der Waals surface area (Å²) in [6.07, 6.45) is -4.40. The number of carbonyl (C=O) groups is 1. The molecule has 7 heteroatoms. The number of nitrogens with zero attached hydrogens (tertiary/aromatic N) is 2. The Bertz CT molecular complexity index is 843. The SMILES string of the molecule is Cc1cccc(N2CCN(C(=O)CNc3cccc(C(F)(F)F)c3)CC2)c1C. The Morgan fingerprint density at radius 2 is 1.71 bits per heavy atom. The second-order valence-electron chi connectivity index (χ2n) is 7.02. The first-order valence-electron chi connectivity index (χ1n) is 9.26. The third-order valence-corrected chi connectivity index (χ3v) is 5.18. The fourth-order valence-electron chi connectivity index (χ4n) is 3.37. The van der Waals surface area contributed by atoms with Crippen LogP contribution in [-0.2, 0) is 11.0 Å². The van der Waals surface area contributed by atoms with Gasteiger partial charge in [0.2, 0.25) is 5.91 Å². The fourth-order valence-corrected chi connectivity index (χ4v) is 3.37. The molecular weight excluding hydrogens is 367 g/mol. The molecule has 1 saturated heterocycles. The number of nitrogens with one attached hydrogen (secondary N) is 1. The molecule has 0 spiro atoms. The number of aryl methyl sites for hydroxylation is 1. The van der Waals surface area contributed by atoms with Gasteiger partial charge >= 0.3 is 6.18 Å². The van der Waals surface area contributed by atoms with E-state index in [4.69, 9.17) is 0 Å². The van der Waals surface area contributed by atoms with Gasteiger partial charge in [0, 0.05) is 37.6 Å². The minimum Gasteiger partial charge on any atom is -0.376 e. The molecule has 150 valence electrons. The van der Waals surface area contributed by atoms with E-state index in [1.165, 1.54) is 28.9 Å². The van der Waals surface area contributed by atoms with Crippen LogP contribution in [0.5, 0.6) is 0 Å². The summed E-state index contributed by atoms with van der Waals surface area (Å²) in [5.74, 6) is -0.113. The summed E-state index contributed by atoms with van der Waals surface area (Å²) in [4.78, 5) is 16.5. The number of halogens is 3. The van der Waals surface area contributed by atoms with Gasteiger partial charge in [-0.15, -0.1) is 0 Å². The van der Waals surface area contributed by atoms with Gasteiger partial charge in [-0.3, -0.25) is 4.79 Å². The Balaban J connectivity index is 1.54. The number of carbonyl (C=O) groups excluding carboxylic acids is 1. The van der Waals surface area contributed by atoms with Gasteiger partial charge in [-0.25, -0.2) is 0 Å². The van der Waals surface area contributed by atoms with E-state index >= 15 is 0 Å².